The van der Waals surface area contributed by atoms with Crippen molar-refractivity contribution in [2.45, 2.75) is 25.3 Å². The summed E-state index contributed by atoms with van der Waals surface area (Å²) in [7, 11) is 1.70. The smallest absolute Gasteiger partial charge is 0.132 e. The normalized spacial score (nSPS) is 13.3. The van der Waals surface area contributed by atoms with Crippen LogP contribution in [0.3, 0.4) is 0 Å². The first-order valence-corrected chi connectivity index (χ1v) is 10.3. The molecule has 7 nitrogen and oxygen atoms in total. The summed E-state index contributed by atoms with van der Waals surface area (Å²) in [4.78, 5) is 13.7. The minimum Gasteiger partial charge on any atom is -0.383 e. The van der Waals surface area contributed by atoms with E-state index in [1.54, 1.807) is 25.4 Å². The highest BCUT2D eigenvalue weighted by Gasteiger charge is 2.25. The van der Waals surface area contributed by atoms with Crippen LogP contribution in [0.15, 0.2) is 55.0 Å². The minimum atomic E-state index is 0.561. The lowest BCUT2D eigenvalue weighted by Crippen LogP contribution is -2.02. The largest absolute Gasteiger partial charge is 0.383 e. The van der Waals surface area contributed by atoms with Gasteiger partial charge in [-0.1, -0.05) is 6.07 Å². The fraction of sp³-hybridized carbons (Fsp3) is 0.250. The number of hydrogen-bond acceptors (Lipinski definition) is 6. The van der Waals surface area contributed by atoms with Gasteiger partial charge in [-0.05, 0) is 60.7 Å². The second-order valence-corrected chi connectivity index (χ2v) is 7.75. The maximum Gasteiger partial charge on any atom is 0.132 e. The molecule has 31 heavy (non-hydrogen) atoms. The van der Waals surface area contributed by atoms with Gasteiger partial charge in [0.05, 0.1) is 41.3 Å². The van der Waals surface area contributed by atoms with E-state index in [0.29, 0.717) is 23.9 Å². The highest BCUT2D eigenvalue weighted by molar-refractivity contribution is 5.82. The van der Waals surface area contributed by atoms with E-state index in [9.17, 15) is 0 Å². The Balaban J connectivity index is 1.50. The van der Waals surface area contributed by atoms with Crippen LogP contribution in [0, 0.1) is 11.3 Å². The molecule has 1 saturated carbocycles. The standard InChI is InChI=1S/C24H22N6O/c1-31-9-8-30-15-27-21-11-18(4-5-22(21)30)20-12-19(17-2-3-17)13-24(28-20)29-23-10-16(14-25)6-7-26-23/h4-7,10-13,15,17H,2-3,8-9H2,1H3,(H,26,28,29). The average Bonchev–Trinajstić information content (AvgIpc) is 3.58. The maximum atomic E-state index is 9.15. The van der Waals surface area contributed by atoms with E-state index in [0.717, 1.165) is 34.7 Å². The third-order valence-corrected chi connectivity index (χ3v) is 5.49. The number of methoxy groups -OCH3 is 1. The van der Waals surface area contributed by atoms with Crippen molar-refractivity contribution < 1.29 is 4.74 Å². The number of benzene rings is 1. The van der Waals surface area contributed by atoms with Crippen LogP contribution in [0.4, 0.5) is 11.6 Å². The summed E-state index contributed by atoms with van der Waals surface area (Å²) in [5.74, 6) is 1.92. The fourth-order valence-corrected chi connectivity index (χ4v) is 3.71. The topological polar surface area (TPSA) is 88.6 Å². The quantitative estimate of drug-likeness (QED) is 0.478. The van der Waals surface area contributed by atoms with Gasteiger partial charge < -0.3 is 14.6 Å². The number of nitriles is 1. The molecule has 0 atom stereocenters. The predicted molar refractivity (Wildman–Crippen MR) is 119 cm³/mol. The molecule has 0 amide bonds. The van der Waals surface area contributed by atoms with Crippen molar-refractivity contribution in [1.29, 1.82) is 5.26 Å². The van der Waals surface area contributed by atoms with Crippen LogP contribution >= 0.6 is 0 Å². The average molecular weight is 410 g/mol. The molecule has 1 N–H and O–H groups in total. The fourth-order valence-electron chi connectivity index (χ4n) is 3.71. The van der Waals surface area contributed by atoms with Crippen molar-refractivity contribution in [3.05, 3.63) is 66.1 Å². The lowest BCUT2D eigenvalue weighted by atomic mass is 10.1. The molecule has 5 rings (SSSR count). The monoisotopic (exact) mass is 410 g/mol. The first kappa shape index (κ1) is 19.2. The molecule has 0 spiro atoms. The van der Waals surface area contributed by atoms with Crippen LogP contribution in [0.5, 0.6) is 0 Å². The predicted octanol–water partition coefficient (Wildman–Crippen LogP) is 4.63. The van der Waals surface area contributed by atoms with E-state index in [-0.39, 0.29) is 0 Å². The van der Waals surface area contributed by atoms with Crippen molar-refractivity contribution >= 4 is 22.7 Å². The van der Waals surface area contributed by atoms with Crippen LogP contribution in [0.25, 0.3) is 22.3 Å². The molecule has 1 aromatic carbocycles. The summed E-state index contributed by atoms with van der Waals surface area (Å²) >= 11 is 0. The van der Waals surface area contributed by atoms with Gasteiger partial charge in [-0.25, -0.2) is 15.0 Å². The Morgan fingerprint density at radius 3 is 2.84 bits per heavy atom. The zero-order valence-electron chi connectivity index (χ0n) is 17.2. The summed E-state index contributed by atoms with van der Waals surface area (Å²) in [6, 6.07) is 16.1. The zero-order valence-corrected chi connectivity index (χ0v) is 17.2. The molecule has 1 aliphatic rings. The summed E-state index contributed by atoms with van der Waals surface area (Å²) in [5, 5.41) is 12.4. The molecular weight excluding hydrogens is 388 g/mol. The lowest BCUT2D eigenvalue weighted by Gasteiger charge is -2.11. The number of rotatable bonds is 7. The summed E-state index contributed by atoms with van der Waals surface area (Å²) < 4.78 is 7.28. The maximum absolute atomic E-state index is 9.15. The van der Waals surface area contributed by atoms with Gasteiger partial charge in [0.1, 0.15) is 11.6 Å². The Labute approximate surface area is 180 Å². The zero-order chi connectivity index (χ0) is 21.2. The molecular formula is C24H22N6O. The summed E-state index contributed by atoms with van der Waals surface area (Å²) in [5.41, 5.74) is 5.77. The van der Waals surface area contributed by atoms with Gasteiger partial charge in [-0.2, -0.15) is 5.26 Å². The highest BCUT2D eigenvalue weighted by Crippen LogP contribution is 2.42. The number of nitrogens with zero attached hydrogens (tertiary/aromatic N) is 5. The molecule has 7 heteroatoms. The number of ether oxygens (including phenoxy) is 1. The van der Waals surface area contributed by atoms with E-state index in [1.807, 2.05) is 6.33 Å². The van der Waals surface area contributed by atoms with Crippen LogP contribution in [0.2, 0.25) is 0 Å². The molecule has 0 radical (unpaired) electrons. The van der Waals surface area contributed by atoms with E-state index in [4.69, 9.17) is 15.0 Å². The van der Waals surface area contributed by atoms with Gasteiger partial charge >= 0.3 is 0 Å². The van der Waals surface area contributed by atoms with E-state index >= 15 is 0 Å². The van der Waals surface area contributed by atoms with Crippen LogP contribution in [-0.2, 0) is 11.3 Å². The van der Waals surface area contributed by atoms with Crippen LogP contribution < -0.4 is 5.32 Å². The Morgan fingerprint density at radius 2 is 2.03 bits per heavy atom. The van der Waals surface area contributed by atoms with Crippen molar-refractivity contribution in [3.8, 4) is 17.3 Å². The lowest BCUT2D eigenvalue weighted by molar-refractivity contribution is 0.188. The van der Waals surface area contributed by atoms with Crippen molar-refractivity contribution in [3.63, 3.8) is 0 Å². The van der Waals surface area contributed by atoms with Gasteiger partial charge in [0.15, 0.2) is 0 Å². The van der Waals surface area contributed by atoms with E-state index < -0.39 is 0 Å². The first-order chi connectivity index (χ1) is 15.2. The third kappa shape index (κ3) is 4.11. The Hall–Kier alpha value is -3.76. The number of hydrogen-bond donors (Lipinski definition) is 1. The molecule has 0 unspecified atom stereocenters. The van der Waals surface area contributed by atoms with Gasteiger partial charge in [-0.15, -0.1) is 0 Å². The Kier molecular flexibility index (Phi) is 5.06. The third-order valence-electron chi connectivity index (χ3n) is 5.49. The summed E-state index contributed by atoms with van der Waals surface area (Å²) in [6.45, 7) is 1.42. The SMILES string of the molecule is COCCn1cnc2cc(-c3cc(C4CC4)cc(Nc4cc(C#N)ccn4)n3)ccc21. The Morgan fingerprint density at radius 1 is 1.13 bits per heavy atom. The number of pyridine rings is 2. The number of imidazole rings is 1. The molecule has 154 valence electrons. The van der Waals surface area contributed by atoms with Crippen LogP contribution in [-0.4, -0.2) is 33.2 Å². The summed E-state index contributed by atoms with van der Waals surface area (Å²) in [6.07, 6.45) is 5.88. The number of aromatic nitrogens is 4. The molecule has 0 saturated heterocycles. The van der Waals surface area contributed by atoms with E-state index in [1.165, 1.54) is 18.4 Å². The molecule has 0 bridgehead atoms. The number of nitrogens with one attached hydrogen (secondary N) is 1. The van der Waals surface area contributed by atoms with Gasteiger partial charge in [0, 0.05) is 25.4 Å². The van der Waals surface area contributed by atoms with Gasteiger partial charge in [-0.3, -0.25) is 0 Å². The number of fused-ring (bicyclic) bond motifs is 1. The van der Waals surface area contributed by atoms with Crippen molar-refractivity contribution in [2.75, 3.05) is 19.0 Å². The van der Waals surface area contributed by atoms with Crippen LogP contribution in [0.1, 0.15) is 29.9 Å². The second kappa shape index (κ2) is 8.17. The highest BCUT2D eigenvalue weighted by atomic mass is 16.5. The van der Waals surface area contributed by atoms with Gasteiger partial charge in [0.2, 0.25) is 0 Å². The van der Waals surface area contributed by atoms with Gasteiger partial charge in [0.25, 0.3) is 0 Å². The van der Waals surface area contributed by atoms with Crippen molar-refractivity contribution in [2.24, 2.45) is 0 Å². The van der Waals surface area contributed by atoms with Crippen molar-refractivity contribution in [1.82, 2.24) is 19.5 Å². The molecule has 1 aliphatic carbocycles. The molecule has 3 heterocycles. The molecule has 1 fully saturated rings. The van der Waals surface area contributed by atoms with E-state index in [2.05, 4.69) is 56.3 Å². The molecule has 0 aliphatic heterocycles. The molecule has 4 aromatic rings. The Bertz CT molecular complexity index is 1280. The number of anilines is 2. The second-order valence-electron chi connectivity index (χ2n) is 7.75. The molecule has 3 aromatic heterocycles. The first-order valence-electron chi connectivity index (χ1n) is 10.3. The minimum absolute atomic E-state index is 0.561.